The molecule has 0 bridgehead atoms. The van der Waals surface area contributed by atoms with E-state index in [1.165, 1.54) is 11.1 Å². The van der Waals surface area contributed by atoms with Crippen LogP contribution in [0.15, 0.2) is 60.9 Å². The molecule has 0 saturated heterocycles. The Morgan fingerprint density at radius 2 is 1.60 bits per heavy atom. The molecular weight excluding hydrogens is 376 g/mol. The number of amides is 1. The number of carbonyl (C=O) groups is 2. The third-order valence-corrected chi connectivity index (χ3v) is 4.37. The van der Waals surface area contributed by atoms with Gasteiger partial charge in [-0.15, -0.1) is 12.8 Å². The van der Waals surface area contributed by atoms with Gasteiger partial charge in [0.15, 0.2) is 0 Å². The molecule has 0 spiro atoms. The van der Waals surface area contributed by atoms with E-state index in [9.17, 15) is 4.79 Å². The van der Waals surface area contributed by atoms with Crippen molar-refractivity contribution in [3.05, 3.63) is 77.6 Å². The largest absolute Gasteiger partial charge is 0.366 e. The van der Waals surface area contributed by atoms with E-state index < -0.39 is 5.91 Å². The molecule has 3 aromatic rings. The van der Waals surface area contributed by atoms with E-state index in [0.29, 0.717) is 11.5 Å². The van der Waals surface area contributed by atoms with E-state index in [1.807, 2.05) is 25.0 Å². The number of primary amides is 1. The minimum Gasteiger partial charge on any atom is -0.366 e. The molecule has 0 aliphatic carbocycles. The molecule has 2 aromatic carbocycles. The van der Waals surface area contributed by atoms with E-state index in [1.54, 1.807) is 30.6 Å². The van der Waals surface area contributed by atoms with Gasteiger partial charge in [-0.05, 0) is 49.6 Å². The molecule has 3 N–H and O–H groups in total. The second kappa shape index (κ2) is 11.1. The van der Waals surface area contributed by atoms with Crippen LogP contribution in [-0.2, 0) is 10.3 Å². The van der Waals surface area contributed by atoms with Crippen LogP contribution in [0.4, 0.5) is 5.95 Å². The Labute approximate surface area is 177 Å². The molecule has 0 atom stereocenters. The fourth-order valence-electron chi connectivity index (χ4n) is 3.01. The molecule has 0 fully saturated rings. The summed E-state index contributed by atoms with van der Waals surface area (Å²) in [5.41, 5.74) is 9.59. The second-order valence-electron chi connectivity index (χ2n) is 6.81. The van der Waals surface area contributed by atoms with Gasteiger partial charge in [0.25, 0.3) is 0 Å². The highest BCUT2D eigenvalue weighted by Gasteiger charge is 2.22. The first-order valence-corrected chi connectivity index (χ1v) is 9.05. The number of nitrogens with zero attached hydrogens (tertiary/aromatic N) is 2. The summed E-state index contributed by atoms with van der Waals surface area (Å²) in [4.78, 5) is 28.2. The van der Waals surface area contributed by atoms with Gasteiger partial charge in [-0.1, -0.05) is 36.4 Å². The molecule has 1 aromatic heterocycles. The number of carbonyl (C=O) groups excluding carboxylic acids is 2. The number of anilines is 1. The molecular formula is C24H26N4O2. The highest BCUT2D eigenvalue weighted by atomic mass is 16.1. The molecule has 154 valence electrons. The smallest absolute Gasteiger partial charge is 0.248 e. The number of hydrogen-bond acceptors (Lipinski definition) is 5. The van der Waals surface area contributed by atoms with Crippen LogP contribution in [0.2, 0.25) is 0 Å². The van der Waals surface area contributed by atoms with Gasteiger partial charge in [0.1, 0.15) is 6.79 Å². The van der Waals surface area contributed by atoms with E-state index in [2.05, 4.69) is 61.0 Å². The first-order valence-electron chi connectivity index (χ1n) is 9.05. The Kier molecular flexibility index (Phi) is 8.92. The van der Waals surface area contributed by atoms with Crippen molar-refractivity contribution in [2.75, 3.05) is 5.32 Å². The maximum atomic E-state index is 11.3. The van der Waals surface area contributed by atoms with Crippen molar-refractivity contribution in [2.24, 2.45) is 5.73 Å². The molecule has 0 aliphatic heterocycles. The topological polar surface area (TPSA) is 98.0 Å². The molecule has 3 rings (SSSR count). The quantitative estimate of drug-likeness (QED) is 0.630. The first-order chi connectivity index (χ1) is 14.4. The molecule has 0 radical (unpaired) electrons. The Morgan fingerprint density at radius 1 is 1.00 bits per heavy atom. The van der Waals surface area contributed by atoms with Gasteiger partial charge in [-0.25, -0.2) is 9.97 Å². The zero-order valence-corrected chi connectivity index (χ0v) is 17.4. The predicted octanol–water partition coefficient (Wildman–Crippen LogP) is 3.96. The van der Waals surface area contributed by atoms with E-state index in [0.717, 1.165) is 11.1 Å². The highest BCUT2D eigenvalue weighted by Crippen LogP contribution is 2.27. The third-order valence-electron chi connectivity index (χ3n) is 4.37. The summed E-state index contributed by atoms with van der Waals surface area (Å²) in [7, 11) is 0. The summed E-state index contributed by atoms with van der Waals surface area (Å²) in [6.45, 7) is 8.29. The van der Waals surface area contributed by atoms with Gasteiger partial charge in [0.05, 0.1) is 5.54 Å². The summed E-state index contributed by atoms with van der Waals surface area (Å²) < 4.78 is 0. The van der Waals surface area contributed by atoms with Crippen LogP contribution in [0.25, 0.3) is 11.1 Å². The third kappa shape index (κ3) is 6.01. The molecule has 6 nitrogen and oxygen atoms in total. The maximum Gasteiger partial charge on any atom is 0.248 e. The molecule has 30 heavy (non-hydrogen) atoms. The van der Waals surface area contributed by atoms with Gasteiger partial charge in [0, 0.05) is 23.5 Å². The normalized spacial score (nSPS) is 9.90. The summed E-state index contributed by atoms with van der Waals surface area (Å²) in [5, 5.41) is 3.39. The fourth-order valence-corrected chi connectivity index (χ4v) is 3.01. The molecule has 0 unspecified atom stereocenters. The average Bonchev–Trinajstić information content (AvgIpc) is 2.77. The minimum absolute atomic E-state index is 0.307. The minimum atomic E-state index is -0.453. The zero-order valence-electron chi connectivity index (χ0n) is 17.4. The van der Waals surface area contributed by atoms with Crippen molar-refractivity contribution < 1.29 is 9.59 Å². The maximum absolute atomic E-state index is 11.3. The lowest BCUT2D eigenvalue weighted by Gasteiger charge is -2.28. The molecule has 1 amide bonds. The number of rotatable bonds is 5. The number of terminal acetylenes is 1. The van der Waals surface area contributed by atoms with Crippen LogP contribution in [0.1, 0.15) is 35.3 Å². The van der Waals surface area contributed by atoms with Gasteiger partial charge in [0.2, 0.25) is 11.9 Å². The lowest BCUT2D eigenvalue weighted by Crippen LogP contribution is -2.29. The standard InChI is InChI=1S/C21H22N4O.C2H2.CH2O/c1-14-7-4-5-10-18(14)21(2,3)25-20-23-12-17(13-24-20)15-8-6-9-16(11-15)19(22)26;2*1-2/h4-13H,1-3H3,(H2,22,26)(H,23,24,25);1-2H;1H2. The van der Waals surface area contributed by atoms with Crippen LogP contribution in [0.3, 0.4) is 0 Å². The Bertz CT molecular complexity index is 995. The fraction of sp³-hybridized carbons (Fsp3) is 0.167. The van der Waals surface area contributed by atoms with E-state index in [4.69, 9.17) is 10.5 Å². The molecule has 0 saturated carbocycles. The number of benzene rings is 2. The lowest BCUT2D eigenvalue weighted by atomic mass is 9.90. The van der Waals surface area contributed by atoms with Crippen molar-refractivity contribution in [1.82, 2.24) is 9.97 Å². The highest BCUT2D eigenvalue weighted by molar-refractivity contribution is 5.94. The Morgan fingerprint density at radius 3 is 2.17 bits per heavy atom. The van der Waals surface area contributed by atoms with E-state index in [-0.39, 0.29) is 5.54 Å². The summed E-state index contributed by atoms with van der Waals surface area (Å²) in [6.07, 6.45) is 11.5. The van der Waals surface area contributed by atoms with Crippen LogP contribution >= 0.6 is 0 Å². The molecule has 0 aliphatic rings. The van der Waals surface area contributed by atoms with Crippen molar-refractivity contribution in [1.29, 1.82) is 0 Å². The van der Waals surface area contributed by atoms with Crippen molar-refractivity contribution >= 4 is 18.6 Å². The van der Waals surface area contributed by atoms with Crippen LogP contribution in [-0.4, -0.2) is 22.7 Å². The first kappa shape index (κ1) is 24.1. The van der Waals surface area contributed by atoms with Crippen molar-refractivity contribution in [3.8, 4) is 24.0 Å². The van der Waals surface area contributed by atoms with Gasteiger partial charge >= 0.3 is 0 Å². The van der Waals surface area contributed by atoms with Gasteiger partial charge < -0.3 is 15.8 Å². The Hall–Kier alpha value is -3.98. The van der Waals surface area contributed by atoms with Gasteiger partial charge in [-0.3, -0.25) is 4.79 Å². The van der Waals surface area contributed by atoms with Crippen LogP contribution in [0.5, 0.6) is 0 Å². The molecule has 6 heteroatoms. The van der Waals surface area contributed by atoms with Gasteiger partial charge in [-0.2, -0.15) is 0 Å². The number of nitrogens with two attached hydrogens (primary N) is 1. The lowest BCUT2D eigenvalue weighted by molar-refractivity contribution is -0.0980. The molecule has 1 heterocycles. The van der Waals surface area contributed by atoms with Crippen molar-refractivity contribution in [3.63, 3.8) is 0 Å². The summed E-state index contributed by atoms with van der Waals surface area (Å²) >= 11 is 0. The van der Waals surface area contributed by atoms with Crippen LogP contribution < -0.4 is 11.1 Å². The van der Waals surface area contributed by atoms with Crippen molar-refractivity contribution in [2.45, 2.75) is 26.3 Å². The number of aryl methyl sites for hydroxylation is 1. The number of hydrogen-bond donors (Lipinski definition) is 2. The number of aromatic nitrogens is 2. The average molecular weight is 402 g/mol. The van der Waals surface area contributed by atoms with E-state index >= 15 is 0 Å². The summed E-state index contributed by atoms with van der Waals surface area (Å²) in [5.74, 6) is 0.0964. The number of nitrogens with one attached hydrogen (secondary N) is 1. The summed E-state index contributed by atoms with van der Waals surface area (Å²) in [6, 6.07) is 15.4. The van der Waals surface area contributed by atoms with Crippen LogP contribution in [0, 0.1) is 19.8 Å². The Balaban J connectivity index is 0.00000106. The predicted molar refractivity (Wildman–Crippen MR) is 121 cm³/mol. The monoisotopic (exact) mass is 402 g/mol. The zero-order chi connectivity index (χ0) is 22.7. The SMILES string of the molecule is C#C.C=O.Cc1ccccc1C(C)(C)Nc1ncc(-c2cccc(C(N)=O)c2)cn1. The second-order valence-corrected chi connectivity index (χ2v) is 6.81.